The lowest BCUT2D eigenvalue weighted by atomic mass is 10.0. The van der Waals surface area contributed by atoms with E-state index in [0.717, 1.165) is 5.56 Å². The first-order chi connectivity index (χ1) is 11.9. The van der Waals surface area contributed by atoms with Crippen LogP contribution in [0.5, 0.6) is 0 Å². The quantitative estimate of drug-likeness (QED) is 0.678. The number of hydrogen-bond acceptors (Lipinski definition) is 4. The zero-order chi connectivity index (χ0) is 18.4. The van der Waals surface area contributed by atoms with Gasteiger partial charge in [0.15, 0.2) is 9.84 Å². The lowest BCUT2D eigenvalue weighted by Crippen LogP contribution is -2.31. The molecule has 0 radical (unpaired) electrons. The van der Waals surface area contributed by atoms with Crippen molar-refractivity contribution >= 4 is 38.7 Å². The fourth-order valence-electron chi connectivity index (χ4n) is 2.43. The second-order valence-corrected chi connectivity index (χ2v) is 9.50. The molecule has 2 rings (SSSR count). The van der Waals surface area contributed by atoms with Gasteiger partial charge in [0.1, 0.15) is 5.25 Å². The molecule has 2 aromatic rings. The molecule has 0 aliphatic carbocycles. The van der Waals surface area contributed by atoms with Gasteiger partial charge in [-0.25, -0.2) is 8.42 Å². The summed E-state index contributed by atoms with van der Waals surface area (Å²) in [6, 6.07) is 10.6. The number of hydrogen-bond donors (Lipinski definition) is 1. The predicted octanol–water partition coefficient (Wildman–Crippen LogP) is 4.13. The summed E-state index contributed by atoms with van der Waals surface area (Å²) in [6.07, 6.45) is 0.169. The second kappa shape index (κ2) is 8.83. The van der Waals surface area contributed by atoms with Crippen molar-refractivity contribution in [3.63, 3.8) is 0 Å². The summed E-state index contributed by atoms with van der Waals surface area (Å²) in [5.41, 5.74) is 1.09. The molecule has 1 heterocycles. The first-order valence-electron chi connectivity index (χ1n) is 8.06. The Morgan fingerprint density at radius 3 is 2.40 bits per heavy atom. The molecule has 25 heavy (non-hydrogen) atoms. The monoisotopic (exact) mass is 399 g/mol. The third-order valence-electron chi connectivity index (χ3n) is 3.92. The van der Waals surface area contributed by atoms with Crippen molar-refractivity contribution in [2.45, 2.75) is 36.3 Å². The van der Waals surface area contributed by atoms with E-state index in [9.17, 15) is 13.2 Å². The predicted molar refractivity (Wildman–Crippen MR) is 103 cm³/mol. The van der Waals surface area contributed by atoms with E-state index in [2.05, 4.69) is 19.2 Å². The van der Waals surface area contributed by atoms with Gasteiger partial charge in [-0.3, -0.25) is 4.79 Å². The van der Waals surface area contributed by atoms with Crippen LogP contribution in [0.15, 0.2) is 46.7 Å². The number of amides is 1. The maximum absolute atomic E-state index is 13.1. The molecule has 7 heteroatoms. The average Bonchev–Trinajstić information content (AvgIpc) is 3.09. The fraction of sp³-hybridized carbons (Fsp3) is 0.389. The Hall–Kier alpha value is -1.37. The molecule has 1 aromatic carbocycles. The summed E-state index contributed by atoms with van der Waals surface area (Å²) in [7, 11) is -3.61. The van der Waals surface area contributed by atoms with Gasteiger partial charge in [0, 0.05) is 23.7 Å². The molecule has 0 aliphatic rings. The molecule has 0 aliphatic heterocycles. The van der Waals surface area contributed by atoms with Crippen molar-refractivity contribution in [2.24, 2.45) is 0 Å². The summed E-state index contributed by atoms with van der Waals surface area (Å²) in [4.78, 5) is 12.7. The normalized spacial score (nSPS) is 13.0. The number of benzene rings is 1. The van der Waals surface area contributed by atoms with E-state index in [-0.39, 0.29) is 29.6 Å². The highest BCUT2D eigenvalue weighted by Crippen LogP contribution is 2.32. The number of alkyl halides is 1. The second-order valence-electron chi connectivity index (χ2n) is 6.02. The van der Waals surface area contributed by atoms with Crippen LogP contribution in [0.1, 0.15) is 41.9 Å². The van der Waals surface area contributed by atoms with Crippen LogP contribution in [0.3, 0.4) is 0 Å². The molecule has 1 N–H and O–H groups in total. The number of carbonyl (C=O) groups is 1. The summed E-state index contributed by atoms with van der Waals surface area (Å²) >= 11 is 6.93. The minimum Gasteiger partial charge on any atom is -0.354 e. The average molecular weight is 400 g/mol. The van der Waals surface area contributed by atoms with Gasteiger partial charge in [0.2, 0.25) is 5.91 Å². The molecule has 4 nitrogen and oxygen atoms in total. The van der Waals surface area contributed by atoms with Crippen LogP contribution in [0.4, 0.5) is 0 Å². The zero-order valence-electron chi connectivity index (χ0n) is 14.2. The number of nitrogens with one attached hydrogen (secondary N) is 1. The highest BCUT2D eigenvalue weighted by Gasteiger charge is 2.30. The van der Waals surface area contributed by atoms with Gasteiger partial charge in [-0.2, -0.15) is 0 Å². The lowest BCUT2D eigenvalue weighted by molar-refractivity contribution is -0.120. The van der Waals surface area contributed by atoms with E-state index in [1.807, 2.05) is 23.6 Å². The Balaban J connectivity index is 2.30. The van der Waals surface area contributed by atoms with E-state index in [0.29, 0.717) is 10.8 Å². The Bertz CT molecular complexity index is 784. The molecule has 136 valence electrons. The summed E-state index contributed by atoms with van der Waals surface area (Å²) in [5, 5.41) is 3.71. The molecule has 0 spiro atoms. The van der Waals surface area contributed by atoms with Crippen LogP contribution >= 0.6 is 22.9 Å². The molecular weight excluding hydrogens is 378 g/mol. The molecule has 0 saturated carbocycles. The Labute approximate surface area is 158 Å². The van der Waals surface area contributed by atoms with Gasteiger partial charge in [-0.1, -0.05) is 32.0 Å². The number of halogens is 1. The van der Waals surface area contributed by atoms with Crippen LogP contribution in [0.25, 0.3) is 0 Å². The smallest absolute Gasteiger partial charge is 0.221 e. The first kappa shape index (κ1) is 19.9. The Kier molecular flexibility index (Phi) is 7.04. The maximum atomic E-state index is 13.1. The molecule has 1 atom stereocenters. The number of carbonyl (C=O) groups excluding carboxylic acids is 1. The summed E-state index contributed by atoms with van der Waals surface area (Å²) in [6.45, 7) is 4.15. The van der Waals surface area contributed by atoms with Crippen LogP contribution in [0, 0.1) is 0 Å². The minimum absolute atomic E-state index is 0.0322. The molecule has 1 amide bonds. The Morgan fingerprint density at radius 2 is 1.88 bits per heavy atom. The maximum Gasteiger partial charge on any atom is 0.221 e. The molecule has 0 fully saturated rings. The van der Waals surface area contributed by atoms with Crippen molar-refractivity contribution in [1.82, 2.24) is 5.32 Å². The molecule has 1 aromatic heterocycles. The largest absolute Gasteiger partial charge is 0.354 e. The fourth-order valence-corrected chi connectivity index (χ4v) is 5.38. The van der Waals surface area contributed by atoms with Crippen molar-refractivity contribution in [2.75, 3.05) is 12.4 Å². The van der Waals surface area contributed by atoms with Crippen LogP contribution < -0.4 is 5.32 Å². The number of sulfone groups is 1. The van der Waals surface area contributed by atoms with E-state index < -0.39 is 15.1 Å². The van der Waals surface area contributed by atoms with Gasteiger partial charge < -0.3 is 5.32 Å². The summed E-state index contributed by atoms with van der Waals surface area (Å²) < 4.78 is 26.2. The molecule has 0 saturated heterocycles. The van der Waals surface area contributed by atoms with Gasteiger partial charge in [0.25, 0.3) is 0 Å². The zero-order valence-corrected chi connectivity index (χ0v) is 16.6. The van der Waals surface area contributed by atoms with E-state index >= 15 is 0 Å². The van der Waals surface area contributed by atoms with Gasteiger partial charge >= 0.3 is 0 Å². The highest BCUT2D eigenvalue weighted by molar-refractivity contribution is 7.91. The standard InChI is InChI=1S/C18H22ClNO3S2/c1-13(2)14-5-7-15(8-6-14)25(22,23)17(16-4-3-11-24-16)12-20-18(21)9-10-19/h3-8,11,13,17H,9-10,12H2,1-2H3,(H,20,21)/t17-/m0/s1. The molecule has 0 unspecified atom stereocenters. The van der Waals surface area contributed by atoms with Crippen molar-refractivity contribution < 1.29 is 13.2 Å². The topological polar surface area (TPSA) is 63.2 Å². The number of rotatable bonds is 8. The van der Waals surface area contributed by atoms with Crippen molar-refractivity contribution in [3.05, 3.63) is 52.2 Å². The third kappa shape index (κ3) is 5.06. The minimum atomic E-state index is -3.61. The van der Waals surface area contributed by atoms with Gasteiger partial charge in [0.05, 0.1) is 4.90 Å². The third-order valence-corrected chi connectivity index (χ3v) is 7.34. The molecular formula is C18H22ClNO3S2. The summed E-state index contributed by atoms with van der Waals surface area (Å²) in [5.74, 6) is 0.292. The van der Waals surface area contributed by atoms with E-state index in [1.54, 1.807) is 18.2 Å². The molecule has 0 bridgehead atoms. The van der Waals surface area contributed by atoms with Gasteiger partial charge in [-0.05, 0) is 35.1 Å². The van der Waals surface area contributed by atoms with Crippen LogP contribution in [0.2, 0.25) is 0 Å². The highest BCUT2D eigenvalue weighted by atomic mass is 35.5. The number of thiophene rings is 1. The van der Waals surface area contributed by atoms with E-state index in [4.69, 9.17) is 11.6 Å². The van der Waals surface area contributed by atoms with Crippen molar-refractivity contribution in [1.29, 1.82) is 0 Å². The van der Waals surface area contributed by atoms with Crippen molar-refractivity contribution in [3.8, 4) is 0 Å². The van der Waals surface area contributed by atoms with Crippen LogP contribution in [-0.2, 0) is 14.6 Å². The van der Waals surface area contributed by atoms with Crippen LogP contribution in [-0.4, -0.2) is 26.7 Å². The van der Waals surface area contributed by atoms with E-state index in [1.165, 1.54) is 11.3 Å². The lowest BCUT2D eigenvalue weighted by Gasteiger charge is -2.18. The SMILES string of the molecule is CC(C)c1ccc(S(=O)(=O)[C@@H](CNC(=O)CCCl)c2cccs2)cc1. The first-order valence-corrected chi connectivity index (χ1v) is 11.0. The Morgan fingerprint density at radius 1 is 1.20 bits per heavy atom. The van der Waals surface area contributed by atoms with Gasteiger partial charge in [-0.15, -0.1) is 22.9 Å².